The fraction of sp³-hybridized carbons (Fsp3) is 0. The molecule has 1 N–H and O–H groups in total. The number of carbonyl (C=O) groups excluding carboxylic acids is 1. The van der Waals surface area contributed by atoms with Gasteiger partial charge < -0.3 is 4.98 Å². The maximum absolute atomic E-state index is 10.7. The van der Waals surface area contributed by atoms with Crippen molar-refractivity contribution in [1.29, 1.82) is 0 Å². The summed E-state index contributed by atoms with van der Waals surface area (Å²) in [6.45, 7) is 0. The fourth-order valence-corrected chi connectivity index (χ4v) is 2.60. The highest BCUT2D eigenvalue weighted by molar-refractivity contribution is 7.17. The fourth-order valence-electron chi connectivity index (χ4n) is 1.74. The lowest BCUT2D eigenvalue weighted by atomic mass is 10.1. The monoisotopic (exact) mass is 228 g/mol. The number of carbonyl (C=O) groups is 1. The first-order valence-electron chi connectivity index (χ1n) is 4.86. The number of thiophene rings is 1. The van der Waals surface area contributed by atoms with Crippen molar-refractivity contribution in [3.63, 3.8) is 0 Å². The van der Waals surface area contributed by atoms with Crippen molar-refractivity contribution >= 4 is 28.7 Å². The Morgan fingerprint density at radius 2 is 2.19 bits per heavy atom. The summed E-state index contributed by atoms with van der Waals surface area (Å²) in [4.78, 5) is 19.8. The van der Waals surface area contributed by atoms with Crippen LogP contribution in [0.4, 0.5) is 0 Å². The van der Waals surface area contributed by atoms with E-state index >= 15 is 0 Å². The summed E-state index contributed by atoms with van der Waals surface area (Å²) in [6, 6.07) is 7.77. The third-order valence-electron chi connectivity index (χ3n) is 2.47. The van der Waals surface area contributed by atoms with Crippen LogP contribution in [0.3, 0.4) is 0 Å². The molecule has 3 heterocycles. The summed E-state index contributed by atoms with van der Waals surface area (Å²) in [5.74, 6) is 0. The molecule has 78 valence electrons. The van der Waals surface area contributed by atoms with E-state index in [9.17, 15) is 4.79 Å². The molecule has 16 heavy (non-hydrogen) atoms. The van der Waals surface area contributed by atoms with Crippen molar-refractivity contribution in [2.24, 2.45) is 0 Å². The van der Waals surface area contributed by atoms with E-state index in [1.54, 1.807) is 6.20 Å². The number of aromatic nitrogens is 2. The Morgan fingerprint density at radius 1 is 1.25 bits per heavy atom. The Hall–Kier alpha value is -1.94. The third-order valence-corrected chi connectivity index (χ3v) is 3.51. The molecule has 0 spiro atoms. The van der Waals surface area contributed by atoms with Gasteiger partial charge in [0.2, 0.25) is 0 Å². The third kappa shape index (κ3) is 1.35. The zero-order chi connectivity index (χ0) is 11.0. The van der Waals surface area contributed by atoms with Crippen LogP contribution in [0.1, 0.15) is 9.67 Å². The number of hydrogen-bond acceptors (Lipinski definition) is 3. The molecule has 0 aromatic carbocycles. The van der Waals surface area contributed by atoms with Gasteiger partial charge in [-0.15, -0.1) is 11.3 Å². The molecule has 0 aliphatic carbocycles. The minimum Gasteiger partial charge on any atom is -0.346 e. The van der Waals surface area contributed by atoms with Gasteiger partial charge in [0, 0.05) is 28.2 Å². The van der Waals surface area contributed by atoms with Crippen molar-refractivity contribution in [2.45, 2.75) is 0 Å². The van der Waals surface area contributed by atoms with Gasteiger partial charge >= 0.3 is 0 Å². The Bertz CT molecular complexity index is 654. The molecular weight excluding hydrogens is 220 g/mol. The lowest BCUT2D eigenvalue weighted by Crippen LogP contribution is -1.78. The molecule has 0 radical (unpaired) electrons. The smallest absolute Gasteiger partial charge is 0.160 e. The predicted octanol–water partition coefficient (Wildman–Crippen LogP) is 3.10. The van der Waals surface area contributed by atoms with E-state index in [1.807, 2.05) is 30.5 Å². The quantitative estimate of drug-likeness (QED) is 0.685. The molecule has 3 aromatic rings. The average Bonchev–Trinajstić information content (AvgIpc) is 2.97. The van der Waals surface area contributed by atoms with E-state index in [2.05, 4.69) is 9.97 Å². The van der Waals surface area contributed by atoms with Gasteiger partial charge in [-0.2, -0.15) is 0 Å². The minimum absolute atomic E-state index is 0.746. The van der Waals surface area contributed by atoms with E-state index in [0.717, 1.165) is 32.6 Å². The maximum Gasteiger partial charge on any atom is 0.160 e. The molecule has 0 fully saturated rings. The second kappa shape index (κ2) is 3.57. The molecule has 3 nitrogen and oxygen atoms in total. The molecular formula is C12H8N2OS. The standard InChI is InChI=1S/C12H8N2OS/c15-7-8-1-2-11(16-8)9-3-5-13-12-10(9)4-6-14-12/h1-7H,(H,13,14). The highest BCUT2D eigenvalue weighted by Crippen LogP contribution is 2.31. The van der Waals surface area contributed by atoms with Crippen LogP contribution in [0.2, 0.25) is 0 Å². The molecule has 0 aliphatic heterocycles. The van der Waals surface area contributed by atoms with Gasteiger partial charge in [0.15, 0.2) is 6.29 Å². The summed E-state index contributed by atoms with van der Waals surface area (Å²) >= 11 is 1.49. The largest absolute Gasteiger partial charge is 0.346 e. The molecule has 0 amide bonds. The first-order valence-corrected chi connectivity index (χ1v) is 5.67. The minimum atomic E-state index is 0.746. The van der Waals surface area contributed by atoms with Crippen LogP contribution in [0.15, 0.2) is 36.7 Å². The number of fused-ring (bicyclic) bond motifs is 1. The highest BCUT2D eigenvalue weighted by atomic mass is 32.1. The number of rotatable bonds is 2. The number of aldehydes is 1. The van der Waals surface area contributed by atoms with Crippen LogP contribution >= 0.6 is 11.3 Å². The molecule has 0 unspecified atom stereocenters. The summed E-state index contributed by atoms with van der Waals surface area (Å²) < 4.78 is 0. The normalized spacial score (nSPS) is 10.8. The van der Waals surface area contributed by atoms with Crippen molar-refractivity contribution in [1.82, 2.24) is 9.97 Å². The lowest BCUT2D eigenvalue weighted by molar-refractivity contribution is 0.112. The number of nitrogens with zero attached hydrogens (tertiary/aromatic N) is 1. The summed E-state index contributed by atoms with van der Waals surface area (Å²) in [5.41, 5.74) is 1.99. The molecule has 0 atom stereocenters. The van der Waals surface area contributed by atoms with E-state index in [0.29, 0.717) is 0 Å². The van der Waals surface area contributed by atoms with Gasteiger partial charge in [0.05, 0.1) is 4.88 Å². The zero-order valence-corrected chi connectivity index (χ0v) is 9.12. The summed E-state index contributed by atoms with van der Waals surface area (Å²) in [7, 11) is 0. The van der Waals surface area contributed by atoms with E-state index in [1.165, 1.54) is 11.3 Å². The highest BCUT2D eigenvalue weighted by Gasteiger charge is 2.07. The van der Waals surface area contributed by atoms with Gasteiger partial charge in [-0.1, -0.05) is 0 Å². The number of pyridine rings is 1. The van der Waals surface area contributed by atoms with Crippen LogP contribution in [-0.2, 0) is 0 Å². The number of nitrogens with one attached hydrogen (secondary N) is 1. The van der Waals surface area contributed by atoms with E-state index in [-0.39, 0.29) is 0 Å². The number of aromatic amines is 1. The molecule has 3 aromatic heterocycles. The second-order valence-corrected chi connectivity index (χ2v) is 4.53. The maximum atomic E-state index is 10.7. The Kier molecular flexibility index (Phi) is 2.08. The summed E-state index contributed by atoms with van der Waals surface area (Å²) in [6.07, 6.45) is 4.52. The van der Waals surface area contributed by atoms with Gasteiger partial charge in [0.25, 0.3) is 0 Å². The first kappa shape index (κ1) is 9.30. The van der Waals surface area contributed by atoms with Crippen LogP contribution < -0.4 is 0 Å². The summed E-state index contributed by atoms with van der Waals surface area (Å²) in [5, 5.41) is 1.08. The SMILES string of the molecule is O=Cc1ccc(-c2ccnc3[nH]ccc23)s1. The molecule has 4 heteroatoms. The Balaban J connectivity index is 2.24. The average molecular weight is 228 g/mol. The molecule has 3 rings (SSSR count). The van der Waals surface area contributed by atoms with Crippen LogP contribution in [0, 0.1) is 0 Å². The molecule has 0 saturated heterocycles. The molecule has 0 aliphatic rings. The van der Waals surface area contributed by atoms with E-state index < -0.39 is 0 Å². The lowest BCUT2D eigenvalue weighted by Gasteiger charge is -1.98. The predicted molar refractivity (Wildman–Crippen MR) is 64.8 cm³/mol. The van der Waals surface area contributed by atoms with Crippen molar-refractivity contribution < 1.29 is 4.79 Å². The van der Waals surface area contributed by atoms with Gasteiger partial charge in [-0.3, -0.25) is 4.79 Å². The molecule has 0 saturated carbocycles. The van der Waals surface area contributed by atoms with Crippen LogP contribution in [-0.4, -0.2) is 16.3 Å². The second-order valence-electron chi connectivity index (χ2n) is 3.42. The Morgan fingerprint density at radius 3 is 3.00 bits per heavy atom. The zero-order valence-electron chi connectivity index (χ0n) is 8.31. The van der Waals surface area contributed by atoms with Crippen molar-refractivity contribution in [2.75, 3.05) is 0 Å². The Labute approximate surface area is 95.8 Å². The first-order chi connectivity index (χ1) is 7.88. The van der Waals surface area contributed by atoms with Gasteiger partial charge in [-0.25, -0.2) is 4.98 Å². The van der Waals surface area contributed by atoms with E-state index in [4.69, 9.17) is 0 Å². The topological polar surface area (TPSA) is 45.8 Å². The number of H-pyrrole nitrogens is 1. The van der Waals surface area contributed by atoms with Gasteiger partial charge in [0.1, 0.15) is 5.65 Å². The van der Waals surface area contributed by atoms with Crippen LogP contribution in [0.25, 0.3) is 21.5 Å². The van der Waals surface area contributed by atoms with Crippen LogP contribution in [0.5, 0.6) is 0 Å². The molecule has 0 bridgehead atoms. The van der Waals surface area contributed by atoms with Crippen molar-refractivity contribution in [3.05, 3.63) is 41.5 Å². The van der Waals surface area contributed by atoms with Gasteiger partial charge in [-0.05, 0) is 24.3 Å². The number of hydrogen-bond donors (Lipinski definition) is 1. The van der Waals surface area contributed by atoms with Crippen molar-refractivity contribution in [3.8, 4) is 10.4 Å².